The van der Waals surface area contributed by atoms with E-state index in [1.54, 1.807) is 29.1 Å². The molecule has 1 atom stereocenters. The molecule has 0 saturated carbocycles. The Balaban J connectivity index is 0.00000288. The van der Waals surface area contributed by atoms with Crippen LogP contribution in [0.4, 0.5) is 0 Å². The lowest BCUT2D eigenvalue weighted by Crippen LogP contribution is -2.44. The van der Waals surface area contributed by atoms with Gasteiger partial charge in [-0.3, -0.25) is 4.68 Å². The maximum absolute atomic E-state index is 10.6. The second-order valence-corrected chi connectivity index (χ2v) is 7.11. The van der Waals surface area contributed by atoms with Crippen LogP contribution in [-0.2, 0) is 19.2 Å². The maximum Gasteiger partial charge on any atom is 0.191 e. The van der Waals surface area contributed by atoms with Gasteiger partial charge in [-0.2, -0.15) is 5.10 Å². The molecule has 6 nitrogen and oxygen atoms in total. The highest BCUT2D eigenvalue weighted by Gasteiger charge is 2.24. The zero-order chi connectivity index (χ0) is 16.9. The molecule has 0 aliphatic carbocycles. The number of nitrogens with zero attached hydrogens (tertiary/aromatic N) is 3. The van der Waals surface area contributed by atoms with Crippen molar-refractivity contribution in [1.82, 2.24) is 20.4 Å². The van der Waals surface area contributed by atoms with Crippen molar-refractivity contribution >= 4 is 41.3 Å². The molecule has 3 N–H and O–H groups in total. The Morgan fingerprint density at radius 1 is 1.42 bits per heavy atom. The van der Waals surface area contributed by atoms with E-state index in [0.717, 1.165) is 12.1 Å². The SMILES string of the molecule is CCNC(=NCc1ccc(C)s1)NCC(C)(O)c1cnn(C)c1.I. The Morgan fingerprint density at radius 3 is 2.71 bits per heavy atom. The molecular formula is C16H26IN5OS. The highest BCUT2D eigenvalue weighted by molar-refractivity contribution is 14.0. The average Bonchev–Trinajstić information content (AvgIpc) is 3.11. The zero-order valence-electron chi connectivity index (χ0n) is 14.5. The maximum atomic E-state index is 10.6. The van der Waals surface area contributed by atoms with Crippen LogP contribution >= 0.6 is 35.3 Å². The van der Waals surface area contributed by atoms with Gasteiger partial charge in [0.25, 0.3) is 0 Å². The molecule has 0 aliphatic rings. The van der Waals surface area contributed by atoms with Crippen LogP contribution in [0.2, 0.25) is 0 Å². The van der Waals surface area contributed by atoms with Crippen LogP contribution in [0.25, 0.3) is 0 Å². The monoisotopic (exact) mass is 463 g/mol. The molecule has 0 aromatic carbocycles. The van der Waals surface area contributed by atoms with Gasteiger partial charge < -0.3 is 15.7 Å². The standard InChI is InChI=1S/C16H25N5OS.HI/c1-5-17-15(18-9-14-7-6-12(2)23-14)19-11-16(3,22)13-8-20-21(4)10-13;/h6-8,10,22H,5,9,11H2,1-4H3,(H2,17,18,19);1H. The highest BCUT2D eigenvalue weighted by atomic mass is 127. The topological polar surface area (TPSA) is 74.5 Å². The van der Waals surface area contributed by atoms with Gasteiger partial charge in [0, 0.05) is 35.1 Å². The summed E-state index contributed by atoms with van der Waals surface area (Å²) < 4.78 is 1.68. The van der Waals surface area contributed by atoms with E-state index >= 15 is 0 Å². The van der Waals surface area contributed by atoms with Crippen LogP contribution in [0.5, 0.6) is 0 Å². The van der Waals surface area contributed by atoms with Gasteiger partial charge in [0.2, 0.25) is 0 Å². The molecule has 8 heteroatoms. The van der Waals surface area contributed by atoms with Gasteiger partial charge >= 0.3 is 0 Å². The summed E-state index contributed by atoms with van der Waals surface area (Å²) in [4.78, 5) is 7.08. The fourth-order valence-electron chi connectivity index (χ4n) is 2.13. The number of aliphatic imine (C=N–C) groups is 1. The Morgan fingerprint density at radius 2 is 2.17 bits per heavy atom. The summed E-state index contributed by atoms with van der Waals surface area (Å²) in [6, 6.07) is 4.20. The van der Waals surface area contributed by atoms with Crippen LogP contribution in [0, 0.1) is 6.92 Å². The Labute approximate surface area is 164 Å². The summed E-state index contributed by atoms with van der Waals surface area (Å²) in [6.07, 6.45) is 3.50. The van der Waals surface area contributed by atoms with E-state index in [9.17, 15) is 5.11 Å². The molecule has 0 bridgehead atoms. The minimum Gasteiger partial charge on any atom is -0.383 e. The smallest absolute Gasteiger partial charge is 0.191 e. The molecule has 2 aromatic rings. The van der Waals surface area contributed by atoms with Crippen molar-refractivity contribution in [2.75, 3.05) is 13.1 Å². The molecule has 0 aliphatic heterocycles. The number of aryl methyl sites for hydroxylation is 2. The van der Waals surface area contributed by atoms with Crippen LogP contribution in [0.15, 0.2) is 29.5 Å². The van der Waals surface area contributed by atoms with Gasteiger partial charge in [0.05, 0.1) is 19.3 Å². The van der Waals surface area contributed by atoms with Crippen LogP contribution < -0.4 is 10.6 Å². The first-order valence-corrected chi connectivity index (χ1v) is 8.51. The van der Waals surface area contributed by atoms with E-state index in [1.165, 1.54) is 9.75 Å². The van der Waals surface area contributed by atoms with Crippen molar-refractivity contribution in [2.24, 2.45) is 12.0 Å². The number of rotatable bonds is 6. The predicted molar refractivity (Wildman–Crippen MR) is 110 cm³/mol. The van der Waals surface area contributed by atoms with Crippen molar-refractivity contribution in [2.45, 2.75) is 32.9 Å². The second-order valence-electron chi connectivity index (χ2n) is 5.74. The first-order valence-electron chi connectivity index (χ1n) is 7.69. The second kappa shape index (κ2) is 9.38. The van der Waals surface area contributed by atoms with Gasteiger partial charge in [0.15, 0.2) is 5.96 Å². The number of nitrogens with one attached hydrogen (secondary N) is 2. The van der Waals surface area contributed by atoms with E-state index in [2.05, 4.69) is 39.8 Å². The van der Waals surface area contributed by atoms with Crippen LogP contribution in [0.1, 0.15) is 29.2 Å². The Hall–Kier alpha value is -1.13. The number of guanidine groups is 1. The van der Waals surface area contributed by atoms with E-state index in [4.69, 9.17) is 0 Å². The number of hydrogen-bond acceptors (Lipinski definition) is 4. The third-order valence-electron chi connectivity index (χ3n) is 3.46. The van der Waals surface area contributed by atoms with Gasteiger partial charge in [-0.25, -0.2) is 4.99 Å². The van der Waals surface area contributed by atoms with E-state index in [-0.39, 0.29) is 24.0 Å². The molecule has 134 valence electrons. The number of thiophene rings is 1. The third kappa shape index (κ3) is 6.06. The lowest BCUT2D eigenvalue weighted by Gasteiger charge is -2.23. The molecule has 0 fully saturated rings. The van der Waals surface area contributed by atoms with Crippen molar-refractivity contribution < 1.29 is 5.11 Å². The molecule has 0 amide bonds. The summed E-state index contributed by atoms with van der Waals surface area (Å²) in [5.41, 5.74) is -0.235. The molecule has 2 heterocycles. The lowest BCUT2D eigenvalue weighted by molar-refractivity contribution is 0.0616. The minimum absolute atomic E-state index is 0. The fraction of sp³-hybridized carbons (Fsp3) is 0.500. The molecular weight excluding hydrogens is 437 g/mol. The summed E-state index contributed by atoms with van der Waals surface area (Å²) >= 11 is 1.75. The van der Waals surface area contributed by atoms with Crippen LogP contribution in [-0.4, -0.2) is 33.9 Å². The molecule has 2 rings (SSSR count). The van der Waals surface area contributed by atoms with Gasteiger partial charge in [-0.15, -0.1) is 35.3 Å². The molecule has 24 heavy (non-hydrogen) atoms. The molecule has 1 unspecified atom stereocenters. The normalized spacial score (nSPS) is 14.0. The number of aromatic nitrogens is 2. The third-order valence-corrected chi connectivity index (χ3v) is 4.45. The quantitative estimate of drug-likeness (QED) is 0.350. The van der Waals surface area contributed by atoms with Crippen LogP contribution in [0.3, 0.4) is 0 Å². The summed E-state index contributed by atoms with van der Waals surface area (Å²) in [6.45, 7) is 7.63. The fourth-order valence-corrected chi connectivity index (χ4v) is 2.94. The van der Waals surface area contributed by atoms with E-state index < -0.39 is 5.60 Å². The summed E-state index contributed by atoms with van der Waals surface area (Å²) in [7, 11) is 1.83. The van der Waals surface area contributed by atoms with Gasteiger partial charge in [-0.1, -0.05) is 0 Å². The van der Waals surface area contributed by atoms with E-state index in [0.29, 0.717) is 19.0 Å². The molecule has 0 saturated heterocycles. The first kappa shape index (κ1) is 20.9. The summed E-state index contributed by atoms with van der Waals surface area (Å²) in [5.74, 6) is 0.697. The summed E-state index contributed by atoms with van der Waals surface area (Å²) in [5, 5.41) is 21.1. The Kier molecular flexibility index (Phi) is 8.17. The zero-order valence-corrected chi connectivity index (χ0v) is 17.7. The van der Waals surface area contributed by atoms with E-state index in [1.807, 2.05) is 20.2 Å². The van der Waals surface area contributed by atoms with Crippen molar-refractivity contribution in [1.29, 1.82) is 0 Å². The van der Waals surface area contributed by atoms with Gasteiger partial charge in [0.1, 0.15) is 5.60 Å². The molecule has 2 aromatic heterocycles. The van der Waals surface area contributed by atoms with Crippen molar-refractivity contribution in [3.05, 3.63) is 39.8 Å². The van der Waals surface area contributed by atoms with Crippen molar-refractivity contribution in [3.8, 4) is 0 Å². The largest absolute Gasteiger partial charge is 0.383 e. The average molecular weight is 463 g/mol. The molecule has 0 spiro atoms. The Bertz CT molecular complexity index is 665. The first-order chi connectivity index (χ1) is 10.9. The number of hydrogen-bond donors (Lipinski definition) is 3. The predicted octanol–water partition coefficient (Wildman–Crippen LogP) is 2.37. The lowest BCUT2D eigenvalue weighted by atomic mass is 10.00. The van der Waals surface area contributed by atoms with Gasteiger partial charge in [-0.05, 0) is 32.9 Å². The minimum atomic E-state index is -1.01. The molecule has 0 radical (unpaired) electrons. The number of halogens is 1. The number of aliphatic hydroxyl groups is 1. The van der Waals surface area contributed by atoms with Crippen molar-refractivity contribution in [3.63, 3.8) is 0 Å². The highest BCUT2D eigenvalue weighted by Crippen LogP contribution is 2.18.